The predicted octanol–water partition coefficient (Wildman–Crippen LogP) is 1.95. The van der Waals surface area contributed by atoms with E-state index in [2.05, 4.69) is 0 Å². The zero-order valence-corrected chi connectivity index (χ0v) is 9.59. The van der Waals surface area contributed by atoms with Gasteiger partial charge in [0.15, 0.2) is 0 Å². The van der Waals surface area contributed by atoms with Crippen molar-refractivity contribution in [3.63, 3.8) is 0 Å². The fourth-order valence-corrected chi connectivity index (χ4v) is 1.78. The summed E-state index contributed by atoms with van der Waals surface area (Å²) in [5.41, 5.74) is 10.6. The zero-order valence-electron chi connectivity index (χ0n) is 9.59. The molecule has 0 spiro atoms. The van der Waals surface area contributed by atoms with Crippen molar-refractivity contribution in [1.82, 2.24) is 0 Å². The second-order valence-electron chi connectivity index (χ2n) is 4.18. The third-order valence-corrected chi connectivity index (χ3v) is 2.93. The fraction of sp³-hybridized carbons (Fsp3) is 0.417. The van der Waals surface area contributed by atoms with Gasteiger partial charge >= 0.3 is 0 Å². The Kier molecular flexibility index (Phi) is 3.52. The van der Waals surface area contributed by atoms with E-state index in [-0.39, 0.29) is 5.69 Å². The molecule has 0 saturated heterocycles. The first kappa shape index (κ1) is 12.5. The van der Waals surface area contributed by atoms with E-state index in [1.807, 2.05) is 6.92 Å². The van der Waals surface area contributed by atoms with Gasteiger partial charge in [-0.15, -0.1) is 0 Å². The van der Waals surface area contributed by atoms with Crippen LogP contribution in [-0.2, 0) is 10.2 Å². The molecule has 1 amide bonds. The van der Waals surface area contributed by atoms with E-state index in [4.69, 9.17) is 11.5 Å². The highest BCUT2D eigenvalue weighted by Crippen LogP contribution is 2.30. The van der Waals surface area contributed by atoms with Gasteiger partial charge in [0.2, 0.25) is 5.91 Å². The quantitative estimate of drug-likeness (QED) is 0.767. The molecule has 4 N–H and O–H groups in total. The molecule has 0 bridgehead atoms. The molecule has 0 aromatic heterocycles. The summed E-state index contributed by atoms with van der Waals surface area (Å²) < 4.78 is 13.3. The number of nitrogens with two attached hydrogens (primary N) is 2. The lowest BCUT2D eigenvalue weighted by Crippen LogP contribution is -2.38. The van der Waals surface area contributed by atoms with Crippen molar-refractivity contribution >= 4 is 11.6 Å². The maximum absolute atomic E-state index is 13.3. The third kappa shape index (κ3) is 2.15. The maximum atomic E-state index is 13.3. The number of carbonyl (C=O) groups excluding carboxylic acids is 1. The molecule has 1 aromatic rings. The Morgan fingerprint density at radius 3 is 2.56 bits per heavy atom. The van der Waals surface area contributed by atoms with Crippen LogP contribution in [0.25, 0.3) is 0 Å². The molecule has 1 rings (SSSR count). The molecule has 0 heterocycles. The summed E-state index contributed by atoms with van der Waals surface area (Å²) >= 11 is 0. The van der Waals surface area contributed by atoms with E-state index in [0.717, 1.165) is 6.42 Å². The summed E-state index contributed by atoms with van der Waals surface area (Å²) in [4.78, 5) is 11.5. The molecular formula is C12H17FN2O. The molecule has 0 radical (unpaired) electrons. The molecule has 1 atom stereocenters. The number of amides is 1. The van der Waals surface area contributed by atoms with Gasteiger partial charge in [-0.2, -0.15) is 0 Å². The minimum Gasteiger partial charge on any atom is -0.396 e. The van der Waals surface area contributed by atoms with Crippen LogP contribution in [0.3, 0.4) is 0 Å². The number of nitrogen functional groups attached to an aromatic ring is 1. The number of rotatable bonds is 4. The number of hydrogen-bond donors (Lipinski definition) is 2. The SMILES string of the molecule is CCCC(C)(C(N)=O)c1ccc(N)c(F)c1. The van der Waals surface area contributed by atoms with Crippen LogP contribution in [0, 0.1) is 5.82 Å². The van der Waals surface area contributed by atoms with Crippen molar-refractivity contribution in [1.29, 1.82) is 0 Å². The molecule has 16 heavy (non-hydrogen) atoms. The highest BCUT2D eigenvalue weighted by Gasteiger charge is 2.32. The van der Waals surface area contributed by atoms with Gasteiger partial charge in [0.1, 0.15) is 5.82 Å². The third-order valence-electron chi connectivity index (χ3n) is 2.93. The molecule has 88 valence electrons. The molecule has 1 unspecified atom stereocenters. The van der Waals surface area contributed by atoms with Gasteiger partial charge < -0.3 is 11.5 Å². The second kappa shape index (κ2) is 4.51. The minimum absolute atomic E-state index is 0.0760. The molecular weight excluding hydrogens is 207 g/mol. The van der Waals surface area contributed by atoms with Gasteiger partial charge in [0, 0.05) is 0 Å². The van der Waals surface area contributed by atoms with E-state index < -0.39 is 17.1 Å². The van der Waals surface area contributed by atoms with Gasteiger partial charge in [0.05, 0.1) is 11.1 Å². The molecule has 4 heteroatoms. The Labute approximate surface area is 94.6 Å². The van der Waals surface area contributed by atoms with Crippen LogP contribution in [0.2, 0.25) is 0 Å². The highest BCUT2D eigenvalue weighted by atomic mass is 19.1. The summed E-state index contributed by atoms with van der Waals surface area (Å²) in [6.07, 6.45) is 1.39. The van der Waals surface area contributed by atoms with Crippen LogP contribution < -0.4 is 11.5 Å². The van der Waals surface area contributed by atoms with Crippen LogP contribution in [0.5, 0.6) is 0 Å². The summed E-state index contributed by atoms with van der Waals surface area (Å²) in [6, 6.07) is 4.40. The van der Waals surface area contributed by atoms with Crippen molar-refractivity contribution in [2.45, 2.75) is 32.1 Å². The number of halogens is 1. The Morgan fingerprint density at radius 2 is 2.12 bits per heavy atom. The first-order chi connectivity index (χ1) is 7.41. The fourth-order valence-electron chi connectivity index (χ4n) is 1.78. The molecule has 0 aliphatic heterocycles. The van der Waals surface area contributed by atoms with Crippen molar-refractivity contribution in [3.8, 4) is 0 Å². The Morgan fingerprint density at radius 1 is 1.50 bits per heavy atom. The van der Waals surface area contributed by atoms with E-state index in [9.17, 15) is 9.18 Å². The smallest absolute Gasteiger partial charge is 0.227 e. The Bertz CT molecular complexity index is 406. The van der Waals surface area contributed by atoms with E-state index in [1.165, 1.54) is 12.1 Å². The van der Waals surface area contributed by atoms with Gasteiger partial charge in [-0.1, -0.05) is 19.4 Å². The normalized spacial score (nSPS) is 14.4. The lowest BCUT2D eigenvalue weighted by Gasteiger charge is -2.26. The summed E-state index contributed by atoms with van der Waals surface area (Å²) in [7, 11) is 0. The number of carbonyl (C=O) groups is 1. The van der Waals surface area contributed by atoms with Gasteiger partial charge in [0.25, 0.3) is 0 Å². The van der Waals surface area contributed by atoms with Gasteiger partial charge in [-0.3, -0.25) is 4.79 Å². The lowest BCUT2D eigenvalue weighted by atomic mass is 9.78. The molecule has 0 fully saturated rings. The maximum Gasteiger partial charge on any atom is 0.227 e. The van der Waals surface area contributed by atoms with Crippen LogP contribution in [0.4, 0.5) is 10.1 Å². The summed E-state index contributed by atoms with van der Waals surface area (Å²) in [5.74, 6) is -0.959. The zero-order chi connectivity index (χ0) is 12.3. The van der Waals surface area contributed by atoms with Crippen molar-refractivity contribution in [2.24, 2.45) is 5.73 Å². The second-order valence-corrected chi connectivity index (χ2v) is 4.18. The number of anilines is 1. The Hall–Kier alpha value is -1.58. The Balaban J connectivity index is 3.21. The van der Waals surface area contributed by atoms with Gasteiger partial charge in [-0.05, 0) is 31.0 Å². The molecule has 1 aromatic carbocycles. The molecule has 0 aliphatic carbocycles. The minimum atomic E-state index is -0.830. The standard InChI is InChI=1S/C12H17FN2O/c1-3-6-12(2,11(15)16)8-4-5-10(14)9(13)7-8/h4-5,7H,3,6,14H2,1-2H3,(H2,15,16). The van der Waals surface area contributed by atoms with Gasteiger partial charge in [-0.25, -0.2) is 4.39 Å². The predicted molar refractivity (Wildman–Crippen MR) is 62.3 cm³/mol. The molecule has 3 nitrogen and oxygen atoms in total. The summed E-state index contributed by atoms with van der Waals surface area (Å²) in [6.45, 7) is 3.68. The monoisotopic (exact) mass is 224 g/mol. The van der Waals surface area contributed by atoms with Crippen molar-refractivity contribution < 1.29 is 9.18 Å². The average molecular weight is 224 g/mol. The number of primary amides is 1. The van der Waals surface area contributed by atoms with Crippen LogP contribution in [0.15, 0.2) is 18.2 Å². The van der Waals surface area contributed by atoms with Crippen LogP contribution >= 0.6 is 0 Å². The highest BCUT2D eigenvalue weighted by molar-refractivity contribution is 5.86. The number of hydrogen-bond acceptors (Lipinski definition) is 2. The van der Waals surface area contributed by atoms with Crippen LogP contribution in [-0.4, -0.2) is 5.91 Å². The largest absolute Gasteiger partial charge is 0.396 e. The number of benzene rings is 1. The molecule has 0 aliphatic rings. The van der Waals surface area contributed by atoms with Crippen molar-refractivity contribution in [2.75, 3.05) is 5.73 Å². The van der Waals surface area contributed by atoms with Crippen LogP contribution in [0.1, 0.15) is 32.3 Å². The van der Waals surface area contributed by atoms with E-state index >= 15 is 0 Å². The van der Waals surface area contributed by atoms with E-state index in [1.54, 1.807) is 13.0 Å². The van der Waals surface area contributed by atoms with E-state index in [0.29, 0.717) is 12.0 Å². The summed E-state index contributed by atoms with van der Waals surface area (Å²) in [5, 5.41) is 0. The first-order valence-electron chi connectivity index (χ1n) is 5.27. The average Bonchev–Trinajstić information content (AvgIpc) is 2.22. The van der Waals surface area contributed by atoms with Crippen molar-refractivity contribution in [3.05, 3.63) is 29.6 Å². The lowest BCUT2D eigenvalue weighted by molar-refractivity contribution is -0.123. The topological polar surface area (TPSA) is 69.1 Å². The first-order valence-corrected chi connectivity index (χ1v) is 5.27. The molecule has 0 saturated carbocycles.